The number of carboxylic acids is 1. The zero-order valence-corrected chi connectivity index (χ0v) is 9.01. The van der Waals surface area contributed by atoms with E-state index in [2.05, 4.69) is 5.32 Å². The van der Waals surface area contributed by atoms with Crippen LogP contribution in [0.5, 0.6) is 0 Å². The zero-order valence-electron chi connectivity index (χ0n) is 7.22. The molecule has 10 nitrogen and oxygen atoms in total. The number of carbonyl (C=O) groups is 1. The molecule has 0 heterocycles. The van der Waals surface area contributed by atoms with Crippen molar-refractivity contribution in [2.75, 3.05) is 12.8 Å². The maximum Gasteiger partial charge on any atom is 0.466 e. The fraction of sp³-hybridized carbons (Fsp3) is 0.667. The monoisotopic (exact) mass is 267 g/mol. The van der Waals surface area contributed by atoms with Crippen LogP contribution in [0.2, 0.25) is 0 Å². The number of nitrogens with one attached hydrogen (secondary N) is 1. The highest BCUT2D eigenvalue weighted by Crippen LogP contribution is 2.31. The van der Waals surface area contributed by atoms with Crippen molar-refractivity contribution >= 4 is 21.4 Å². The minimum atomic E-state index is -4.64. The van der Waals surface area contributed by atoms with Crippen LogP contribution < -0.4 is 5.32 Å². The molecule has 0 saturated heterocycles. The van der Waals surface area contributed by atoms with Gasteiger partial charge in [-0.2, -0.15) is 0 Å². The van der Waals surface area contributed by atoms with Crippen molar-refractivity contribution < 1.29 is 43.5 Å². The molecule has 0 aliphatic heterocycles. The summed E-state index contributed by atoms with van der Waals surface area (Å²) in [4.78, 5) is 47.7. The van der Waals surface area contributed by atoms with Crippen molar-refractivity contribution in [1.29, 1.82) is 0 Å². The molecule has 7 N–H and O–H groups in total. The Morgan fingerprint density at radius 3 is 1.60 bits per heavy atom. The van der Waals surface area contributed by atoms with Crippen molar-refractivity contribution in [1.82, 2.24) is 5.32 Å². The van der Waals surface area contributed by atoms with E-state index < -0.39 is 34.2 Å². The topological polar surface area (TPSA) is 185 Å². The summed E-state index contributed by atoms with van der Waals surface area (Å²) >= 11 is 0. The predicted octanol–water partition coefficient (Wildman–Crippen LogP) is -2.13. The van der Waals surface area contributed by atoms with Gasteiger partial charge in [0.15, 0.2) is 0 Å². The molecule has 0 atom stereocenters. The molecule has 92 valence electrons. The smallest absolute Gasteiger partial charge is 0.466 e. The van der Waals surface area contributed by atoms with Gasteiger partial charge in [-0.3, -0.25) is 14.7 Å². The van der Waals surface area contributed by atoms with E-state index >= 15 is 0 Å². The van der Waals surface area contributed by atoms with E-state index in [1.54, 1.807) is 0 Å². The standard InChI is InChI=1S/C3H8NO5P.H3O4P/c5-3(6)1-4-2-10(7,8)9;1-5(2,3)4/h4H,1-2H2,(H,5,6)(H2,7,8,9);(H3,1,2,3,4). The van der Waals surface area contributed by atoms with Crippen LogP contribution >= 0.6 is 15.4 Å². The van der Waals surface area contributed by atoms with E-state index in [0.29, 0.717) is 0 Å². The van der Waals surface area contributed by atoms with Crippen LogP contribution in [0.1, 0.15) is 0 Å². The van der Waals surface area contributed by atoms with E-state index in [0.717, 1.165) is 0 Å². The van der Waals surface area contributed by atoms with Gasteiger partial charge in [-0.15, -0.1) is 0 Å². The van der Waals surface area contributed by atoms with Gasteiger partial charge in [-0.1, -0.05) is 0 Å². The summed E-state index contributed by atoms with van der Waals surface area (Å²) in [6.45, 7) is -0.439. The van der Waals surface area contributed by atoms with Crippen molar-refractivity contribution in [3.8, 4) is 0 Å². The molecule has 0 unspecified atom stereocenters. The van der Waals surface area contributed by atoms with Gasteiger partial charge in [-0.05, 0) is 0 Å². The SMILES string of the molecule is O=C(O)CNCP(=O)(O)O.O=P(O)(O)O. The average molecular weight is 267 g/mol. The maximum atomic E-state index is 10.1. The lowest BCUT2D eigenvalue weighted by molar-refractivity contribution is -0.135. The van der Waals surface area contributed by atoms with E-state index in [1.165, 1.54) is 0 Å². The highest BCUT2D eigenvalue weighted by Gasteiger charge is 2.11. The number of hydrogen-bond acceptors (Lipinski definition) is 4. The van der Waals surface area contributed by atoms with Gasteiger partial charge in [0.1, 0.15) is 0 Å². The fourth-order valence-electron chi connectivity index (χ4n) is 0.308. The molecule has 0 spiro atoms. The van der Waals surface area contributed by atoms with Gasteiger partial charge in [0.25, 0.3) is 0 Å². The molecular formula is C3H11NO9P2. The third-order valence-electron chi connectivity index (χ3n) is 0.594. The molecule has 0 aromatic rings. The third-order valence-corrected chi connectivity index (χ3v) is 1.23. The summed E-state index contributed by atoms with van der Waals surface area (Å²) in [5.74, 6) is -1.14. The van der Waals surface area contributed by atoms with Gasteiger partial charge in [0, 0.05) is 0 Å². The normalized spacial score (nSPS) is 11.5. The first kappa shape index (κ1) is 17.1. The Hall–Kier alpha value is -0.310. The number of hydrogen-bond donors (Lipinski definition) is 7. The molecule has 0 rings (SSSR count). The number of carboxylic acid groups (broad SMARTS) is 1. The molecular weight excluding hydrogens is 256 g/mol. The van der Waals surface area contributed by atoms with Crippen molar-refractivity contribution in [3.63, 3.8) is 0 Å². The molecule has 0 aliphatic rings. The Bertz CT molecular complexity index is 269. The summed E-state index contributed by atoms with van der Waals surface area (Å²) in [5, 5.41) is 10.1. The second-order valence-corrected chi connectivity index (χ2v) is 4.83. The van der Waals surface area contributed by atoms with Crippen LogP contribution in [0.15, 0.2) is 0 Å². The number of aliphatic carboxylic acids is 1. The Balaban J connectivity index is 0. The molecule has 12 heteroatoms. The molecule has 0 fully saturated rings. The van der Waals surface area contributed by atoms with Crippen LogP contribution in [0.25, 0.3) is 0 Å². The van der Waals surface area contributed by atoms with Gasteiger partial charge in [0.2, 0.25) is 0 Å². The van der Waals surface area contributed by atoms with E-state index in [1.807, 2.05) is 0 Å². The summed E-state index contributed by atoms with van der Waals surface area (Å²) in [6.07, 6.45) is -0.598. The molecule has 0 aliphatic carbocycles. The first-order valence-corrected chi connectivity index (χ1v) is 6.53. The van der Waals surface area contributed by atoms with Gasteiger partial charge >= 0.3 is 21.4 Å². The lowest BCUT2D eigenvalue weighted by Gasteiger charge is -2.02. The second-order valence-electron chi connectivity index (χ2n) is 2.16. The van der Waals surface area contributed by atoms with Crippen molar-refractivity contribution in [3.05, 3.63) is 0 Å². The van der Waals surface area contributed by atoms with Crippen LogP contribution in [0, 0.1) is 0 Å². The summed E-state index contributed by atoms with van der Waals surface area (Å²) in [6, 6.07) is 0. The molecule has 0 aromatic carbocycles. The van der Waals surface area contributed by atoms with Crippen LogP contribution in [-0.4, -0.2) is 48.4 Å². The predicted molar refractivity (Wildman–Crippen MR) is 46.8 cm³/mol. The van der Waals surface area contributed by atoms with Gasteiger partial charge in [0.05, 0.1) is 12.8 Å². The first-order valence-electron chi connectivity index (χ1n) is 3.17. The number of phosphoric acid groups is 1. The third kappa shape index (κ3) is 41.8. The highest BCUT2D eigenvalue weighted by atomic mass is 31.2. The summed E-state index contributed by atoms with van der Waals surface area (Å²) < 4.78 is 18.9. The first-order chi connectivity index (χ1) is 6.42. The van der Waals surface area contributed by atoms with Crippen molar-refractivity contribution in [2.45, 2.75) is 0 Å². The molecule has 0 bridgehead atoms. The largest absolute Gasteiger partial charge is 0.480 e. The Kier molecular flexibility index (Phi) is 8.03. The molecule has 0 amide bonds. The van der Waals surface area contributed by atoms with Crippen LogP contribution in [0.4, 0.5) is 0 Å². The fourth-order valence-corrected chi connectivity index (χ4v) is 0.712. The molecule has 0 radical (unpaired) electrons. The van der Waals surface area contributed by atoms with E-state index in [-0.39, 0.29) is 0 Å². The van der Waals surface area contributed by atoms with E-state index in [9.17, 15) is 9.36 Å². The maximum absolute atomic E-state index is 10.1. The van der Waals surface area contributed by atoms with Gasteiger partial charge < -0.3 is 29.6 Å². The quantitative estimate of drug-likeness (QED) is 0.277. The molecule has 0 aromatic heterocycles. The minimum absolute atomic E-state index is 0.439. The number of rotatable bonds is 4. The minimum Gasteiger partial charge on any atom is -0.480 e. The van der Waals surface area contributed by atoms with Gasteiger partial charge in [-0.25, -0.2) is 4.57 Å². The summed E-state index contributed by atoms with van der Waals surface area (Å²) in [5.41, 5.74) is 0. The lowest BCUT2D eigenvalue weighted by atomic mass is 10.7. The van der Waals surface area contributed by atoms with Crippen molar-refractivity contribution in [2.24, 2.45) is 0 Å². The summed E-state index contributed by atoms with van der Waals surface area (Å²) in [7, 11) is -8.74. The van der Waals surface area contributed by atoms with E-state index in [4.69, 9.17) is 34.1 Å². The zero-order chi connectivity index (χ0) is 12.7. The van der Waals surface area contributed by atoms with Crippen LogP contribution in [-0.2, 0) is 13.9 Å². The average Bonchev–Trinajstić information content (AvgIpc) is 1.77. The Morgan fingerprint density at radius 1 is 1.07 bits per heavy atom. The lowest BCUT2D eigenvalue weighted by Crippen LogP contribution is -2.23. The highest BCUT2D eigenvalue weighted by molar-refractivity contribution is 7.51. The Morgan fingerprint density at radius 2 is 1.40 bits per heavy atom. The Labute approximate surface area is 84.0 Å². The molecule has 0 saturated carbocycles. The second kappa shape index (κ2) is 7.04. The molecule has 15 heavy (non-hydrogen) atoms. The van der Waals surface area contributed by atoms with Crippen LogP contribution in [0.3, 0.4) is 0 Å².